The van der Waals surface area contributed by atoms with Gasteiger partial charge in [-0.25, -0.2) is 0 Å². The zero-order valence-corrected chi connectivity index (χ0v) is 15.3. The number of nitrogens with one attached hydrogen (secondary N) is 2. The molecular formula is C21H17ClN2O3. The van der Waals surface area contributed by atoms with Crippen LogP contribution in [0.25, 0.3) is 0 Å². The van der Waals surface area contributed by atoms with E-state index in [4.69, 9.17) is 16.3 Å². The molecule has 3 aromatic carbocycles. The molecule has 2 amide bonds. The van der Waals surface area contributed by atoms with E-state index in [2.05, 4.69) is 10.6 Å². The molecule has 6 heteroatoms. The third kappa shape index (κ3) is 4.86. The van der Waals surface area contributed by atoms with Crippen LogP contribution in [-0.4, -0.2) is 18.9 Å². The van der Waals surface area contributed by atoms with E-state index in [0.717, 1.165) is 0 Å². The first-order chi connectivity index (χ1) is 13.0. The summed E-state index contributed by atoms with van der Waals surface area (Å²) in [7, 11) is 1.56. The number of carbonyl (C=O) groups is 2. The molecule has 136 valence electrons. The van der Waals surface area contributed by atoms with Gasteiger partial charge in [0.05, 0.1) is 7.11 Å². The van der Waals surface area contributed by atoms with Gasteiger partial charge >= 0.3 is 0 Å². The number of anilines is 2. The molecular weight excluding hydrogens is 364 g/mol. The van der Waals surface area contributed by atoms with E-state index in [9.17, 15) is 9.59 Å². The molecule has 3 rings (SSSR count). The quantitative estimate of drug-likeness (QED) is 0.664. The lowest BCUT2D eigenvalue weighted by Gasteiger charge is -2.09. The molecule has 0 aromatic heterocycles. The molecule has 0 radical (unpaired) electrons. The van der Waals surface area contributed by atoms with Crippen molar-refractivity contribution in [2.75, 3.05) is 17.7 Å². The van der Waals surface area contributed by atoms with Crippen molar-refractivity contribution in [2.45, 2.75) is 0 Å². The second-order valence-corrected chi connectivity index (χ2v) is 6.16. The summed E-state index contributed by atoms with van der Waals surface area (Å²) in [6.07, 6.45) is 0. The minimum atomic E-state index is -0.315. The highest BCUT2D eigenvalue weighted by Gasteiger charge is 2.11. The van der Waals surface area contributed by atoms with Crippen LogP contribution in [0.15, 0.2) is 72.8 Å². The second kappa shape index (κ2) is 8.38. The first kappa shape index (κ1) is 18.5. The molecule has 0 spiro atoms. The average Bonchev–Trinajstić information content (AvgIpc) is 2.70. The molecule has 2 N–H and O–H groups in total. The van der Waals surface area contributed by atoms with Gasteiger partial charge in [0, 0.05) is 33.6 Å². The molecule has 0 heterocycles. The van der Waals surface area contributed by atoms with Crippen LogP contribution < -0.4 is 15.4 Å². The van der Waals surface area contributed by atoms with Crippen molar-refractivity contribution < 1.29 is 14.3 Å². The standard InChI is InChI=1S/C21H17ClN2O3/c1-27-19-7-3-6-18(13-19)24-21(26)15-5-2-4-14(12-15)20(25)23-17-10-8-16(22)9-11-17/h2-13H,1H3,(H,23,25)(H,24,26). The van der Waals surface area contributed by atoms with Gasteiger partial charge in [-0.3, -0.25) is 9.59 Å². The Morgan fingerprint density at radius 1 is 0.778 bits per heavy atom. The maximum Gasteiger partial charge on any atom is 0.255 e. The number of hydrogen-bond donors (Lipinski definition) is 2. The maximum absolute atomic E-state index is 12.5. The van der Waals surface area contributed by atoms with E-state index in [0.29, 0.717) is 33.3 Å². The molecule has 3 aromatic rings. The summed E-state index contributed by atoms with van der Waals surface area (Å²) in [5.74, 6) is 0.0154. The predicted octanol–water partition coefficient (Wildman–Crippen LogP) is 4.85. The number of benzene rings is 3. The number of carbonyl (C=O) groups excluding carboxylic acids is 2. The Balaban J connectivity index is 1.73. The topological polar surface area (TPSA) is 67.4 Å². The van der Waals surface area contributed by atoms with Crippen molar-refractivity contribution in [3.63, 3.8) is 0 Å². The van der Waals surface area contributed by atoms with Crippen LogP contribution in [0.2, 0.25) is 5.02 Å². The van der Waals surface area contributed by atoms with Gasteiger partial charge in [-0.05, 0) is 54.6 Å². The maximum atomic E-state index is 12.5. The Morgan fingerprint density at radius 3 is 2.00 bits per heavy atom. The first-order valence-electron chi connectivity index (χ1n) is 8.17. The van der Waals surface area contributed by atoms with Crippen LogP contribution in [-0.2, 0) is 0 Å². The van der Waals surface area contributed by atoms with E-state index in [1.807, 2.05) is 0 Å². The van der Waals surface area contributed by atoms with Crippen LogP contribution in [0.5, 0.6) is 5.75 Å². The highest BCUT2D eigenvalue weighted by Crippen LogP contribution is 2.18. The van der Waals surface area contributed by atoms with Crippen molar-refractivity contribution in [1.82, 2.24) is 0 Å². The van der Waals surface area contributed by atoms with Crippen LogP contribution in [0.4, 0.5) is 11.4 Å². The largest absolute Gasteiger partial charge is 0.497 e. The second-order valence-electron chi connectivity index (χ2n) is 5.73. The Hall–Kier alpha value is -3.31. The molecule has 0 unspecified atom stereocenters. The molecule has 0 aliphatic carbocycles. The normalized spacial score (nSPS) is 10.1. The van der Waals surface area contributed by atoms with E-state index in [-0.39, 0.29) is 11.8 Å². The summed E-state index contributed by atoms with van der Waals surface area (Å²) in [5, 5.41) is 6.15. The minimum Gasteiger partial charge on any atom is -0.497 e. The summed E-state index contributed by atoms with van der Waals surface area (Å²) in [6.45, 7) is 0. The molecule has 5 nitrogen and oxygen atoms in total. The van der Waals surface area contributed by atoms with Gasteiger partial charge < -0.3 is 15.4 Å². The predicted molar refractivity (Wildman–Crippen MR) is 107 cm³/mol. The summed E-state index contributed by atoms with van der Waals surface area (Å²) < 4.78 is 5.14. The lowest BCUT2D eigenvalue weighted by molar-refractivity contribution is 0.102. The van der Waals surface area contributed by atoms with Crippen molar-refractivity contribution in [1.29, 1.82) is 0 Å². The van der Waals surface area contributed by atoms with Gasteiger partial charge in [-0.2, -0.15) is 0 Å². The zero-order valence-electron chi connectivity index (χ0n) is 14.5. The average molecular weight is 381 g/mol. The molecule has 27 heavy (non-hydrogen) atoms. The third-order valence-corrected chi connectivity index (χ3v) is 4.07. The van der Waals surface area contributed by atoms with Crippen LogP contribution >= 0.6 is 11.6 Å². The van der Waals surface area contributed by atoms with E-state index < -0.39 is 0 Å². The highest BCUT2D eigenvalue weighted by molar-refractivity contribution is 6.30. The lowest BCUT2D eigenvalue weighted by Crippen LogP contribution is -2.15. The number of ether oxygens (including phenoxy) is 1. The van der Waals surface area contributed by atoms with Gasteiger partial charge in [-0.1, -0.05) is 23.7 Å². The van der Waals surface area contributed by atoms with Crippen LogP contribution in [0, 0.1) is 0 Å². The summed E-state index contributed by atoms with van der Waals surface area (Å²) in [6, 6.07) is 20.3. The molecule has 0 fully saturated rings. The van der Waals surface area contributed by atoms with Gasteiger partial charge in [0.1, 0.15) is 5.75 Å². The Kier molecular flexibility index (Phi) is 5.74. The Labute approximate surface area is 161 Å². The van der Waals surface area contributed by atoms with Gasteiger partial charge in [0.15, 0.2) is 0 Å². The van der Waals surface area contributed by atoms with E-state index >= 15 is 0 Å². The summed E-state index contributed by atoms with van der Waals surface area (Å²) in [5.41, 5.74) is 1.98. The summed E-state index contributed by atoms with van der Waals surface area (Å²) >= 11 is 5.84. The van der Waals surface area contributed by atoms with Crippen molar-refractivity contribution in [3.8, 4) is 5.75 Å². The Morgan fingerprint density at radius 2 is 1.37 bits per heavy atom. The molecule has 0 saturated heterocycles. The molecule has 0 saturated carbocycles. The molecule has 0 atom stereocenters. The fourth-order valence-corrected chi connectivity index (χ4v) is 2.57. The highest BCUT2D eigenvalue weighted by atomic mass is 35.5. The number of amides is 2. The smallest absolute Gasteiger partial charge is 0.255 e. The van der Waals surface area contributed by atoms with Crippen LogP contribution in [0.3, 0.4) is 0 Å². The van der Waals surface area contributed by atoms with Gasteiger partial charge in [0.25, 0.3) is 11.8 Å². The number of halogens is 1. The zero-order chi connectivity index (χ0) is 19.2. The molecule has 0 aliphatic heterocycles. The monoisotopic (exact) mass is 380 g/mol. The molecule has 0 bridgehead atoms. The fourth-order valence-electron chi connectivity index (χ4n) is 2.44. The third-order valence-electron chi connectivity index (χ3n) is 3.82. The van der Waals surface area contributed by atoms with Gasteiger partial charge in [0.2, 0.25) is 0 Å². The van der Waals surface area contributed by atoms with E-state index in [1.165, 1.54) is 0 Å². The van der Waals surface area contributed by atoms with E-state index in [1.54, 1.807) is 79.9 Å². The van der Waals surface area contributed by atoms with Gasteiger partial charge in [-0.15, -0.1) is 0 Å². The fraction of sp³-hybridized carbons (Fsp3) is 0.0476. The number of hydrogen-bond acceptors (Lipinski definition) is 3. The van der Waals surface area contributed by atoms with Crippen molar-refractivity contribution in [2.24, 2.45) is 0 Å². The number of methoxy groups -OCH3 is 1. The SMILES string of the molecule is COc1cccc(NC(=O)c2cccc(C(=O)Nc3ccc(Cl)cc3)c2)c1. The van der Waals surface area contributed by atoms with Crippen LogP contribution in [0.1, 0.15) is 20.7 Å². The summed E-state index contributed by atoms with van der Waals surface area (Å²) in [4.78, 5) is 24.9. The minimum absolute atomic E-state index is 0.312. The molecule has 0 aliphatic rings. The first-order valence-corrected chi connectivity index (χ1v) is 8.55. The van der Waals surface area contributed by atoms with Crippen molar-refractivity contribution in [3.05, 3.63) is 88.9 Å². The Bertz CT molecular complexity index is 971. The number of rotatable bonds is 5. The van der Waals surface area contributed by atoms with Crippen molar-refractivity contribution >= 4 is 34.8 Å². The lowest BCUT2D eigenvalue weighted by atomic mass is 10.1.